The second-order valence-electron chi connectivity index (χ2n) is 6.39. The molecule has 0 amide bonds. The third-order valence-electron chi connectivity index (χ3n) is 4.74. The molecule has 27 heavy (non-hydrogen) atoms. The standard InChI is InChI=1S/C22H17ClO4/c1-26-17-9-4-13(5-10-17)20-21(25)18-11-6-15(23)12-19(18)27-22(20)14-2-7-16(24)8-3-14/h2-12,20,22,24H,1H3. The summed E-state index contributed by atoms with van der Waals surface area (Å²) >= 11 is 6.09. The second-order valence-corrected chi connectivity index (χ2v) is 6.82. The van der Waals surface area contributed by atoms with Crippen molar-refractivity contribution in [2.24, 2.45) is 0 Å². The zero-order valence-corrected chi connectivity index (χ0v) is 15.3. The Morgan fingerprint density at radius 3 is 2.30 bits per heavy atom. The van der Waals surface area contributed by atoms with Gasteiger partial charge in [0.25, 0.3) is 0 Å². The van der Waals surface area contributed by atoms with E-state index < -0.39 is 12.0 Å². The predicted octanol–water partition coefficient (Wildman–Crippen LogP) is 5.15. The van der Waals surface area contributed by atoms with E-state index in [1.165, 1.54) is 0 Å². The minimum Gasteiger partial charge on any atom is -0.508 e. The van der Waals surface area contributed by atoms with Crippen LogP contribution >= 0.6 is 11.6 Å². The van der Waals surface area contributed by atoms with Crippen molar-refractivity contribution in [3.05, 3.63) is 88.4 Å². The van der Waals surface area contributed by atoms with E-state index in [-0.39, 0.29) is 11.5 Å². The lowest BCUT2D eigenvalue weighted by molar-refractivity contribution is 0.0781. The molecule has 2 unspecified atom stereocenters. The van der Waals surface area contributed by atoms with Gasteiger partial charge in [0.05, 0.1) is 18.6 Å². The number of carbonyl (C=O) groups is 1. The molecule has 1 aliphatic rings. The lowest BCUT2D eigenvalue weighted by atomic mass is 9.81. The number of benzene rings is 3. The molecule has 1 aliphatic heterocycles. The number of hydrogen-bond acceptors (Lipinski definition) is 4. The van der Waals surface area contributed by atoms with Crippen LogP contribution in [0, 0.1) is 0 Å². The van der Waals surface area contributed by atoms with Crippen LogP contribution in [-0.4, -0.2) is 18.0 Å². The van der Waals surface area contributed by atoms with E-state index in [0.717, 1.165) is 16.9 Å². The number of phenols is 1. The Hall–Kier alpha value is -2.98. The van der Waals surface area contributed by atoms with Gasteiger partial charge in [0.15, 0.2) is 5.78 Å². The third-order valence-corrected chi connectivity index (χ3v) is 4.98. The van der Waals surface area contributed by atoms with Gasteiger partial charge < -0.3 is 14.6 Å². The van der Waals surface area contributed by atoms with E-state index in [9.17, 15) is 9.90 Å². The van der Waals surface area contributed by atoms with E-state index in [1.54, 1.807) is 49.6 Å². The fourth-order valence-corrected chi connectivity index (χ4v) is 3.53. The molecule has 0 radical (unpaired) electrons. The summed E-state index contributed by atoms with van der Waals surface area (Å²) in [5, 5.41) is 10.1. The molecule has 0 aliphatic carbocycles. The Morgan fingerprint density at radius 1 is 0.963 bits per heavy atom. The number of aromatic hydroxyl groups is 1. The van der Waals surface area contributed by atoms with Crippen molar-refractivity contribution in [3.8, 4) is 17.2 Å². The lowest BCUT2D eigenvalue weighted by Gasteiger charge is -2.33. The van der Waals surface area contributed by atoms with Crippen LogP contribution in [0.1, 0.15) is 33.5 Å². The highest BCUT2D eigenvalue weighted by molar-refractivity contribution is 6.31. The minimum atomic E-state index is -0.530. The van der Waals surface area contributed by atoms with Crippen LogP contribution < -0.4 is 9.47 Å². The molecule has 0 aromatic heterocycles. The first kappa shape index (κ1) is 17.4. The Morgan fingerprint density at radius 2 is 1.63 bits per heavy atom. The van der Waals surface area contributed by atoms with Gasteiger partial charge in [-0.05, 0) is 53.6 Å². The summed E-state index contributed by atoms with van der Waals surface area (Å²) < 4.78 is 11.4. The number of rotatable bonds is 3. The highest BCUT2D eigenvalue weighted by Crippen LogP contribution is 2.45. The number of ketones is 1. The van der Waals surface area contributed by atoms with Gasteiger partial charge in [-0.25, -0.2) is 0 Å². The quantitative estimate of drug-likeness (QED) is 0.682. The van der Waals surface area contributed by atoms with Gasteiger partial charge in [-0.1, -0.05) is 35.9 Å². The molecule has 2 atom stereocenters. The zero-order chi connectivity index (χ0) is 19.0. The molecule has 0 bridgehead atoms. The molecule has 5 heteroatoms. The molecule has 0 saturated heterocycles. The fourth-order valence-electron chi connectivity index (χ4n) is 3.37. The third kappa shape index (κ3) is 3.24. The first-order chi connectivity index (χ1) is 13.1. The first-order valence-corrected chi connectivity index (χ1v) is 8.88. The molecule has 0 spiro atoms. The molecule has 1 N–H and O–H groups in total. The predicted molar refractivity (Wildman–Crippen MR) is 103 cm³/mol. The Kier molecular flexibility index (Phi) is 4.50. The number of Topliss-reactive ketones (excluding diaryl/α,β-unsaturated/α-hetero) is 1. The maximum Gasteiger partial charge on any atom is 0.178 e. The maximum absolute atomic E-state index is 13.3. The van der Waals surface area contributed by atoms with Crippen molar-refractivity contribution in [1.29, 1.82) is 0 Å². The van der Waals surface area contributed by atoms with Gasteiger partial charge in [0, 0.05) is 5.02 Å². The van der Waals surface area contributed by atoms with Crippen molar-refractivity contribution < 1.29 is 19.4 Å². The van der Waals surface area contributed by atoms with Gasteiger partial charge in [-0.2, -0.15) is 0 Å². The molecule has 0 saturated carbocycles. The SMILES string of the molecule is COc1ccc(C2C(=O)c3ccc(Cl)cc3OC2c2ccc(O)cc2)cc1. The monoisotopic (exact) mass is 380 g/mol. The average Bonchev–Trinajstić information content (AvgIpc) is 2.68. The Bertz CT molecular complexity index is 980. The van der Waals surface area contributed by atoms with Gasteiger partial charge in [0.2, 0.25) is 0 Å². The topological polar surface area (TPSA) is 55.8 Å². The first-order valence-electron chi connectivity index (χ1n) is 8.50. The van der Waals surface area contributed by atoms with Crippen LogP contribution in [0.5, 0.6) is 17.2 Å². The molecule has 4 rings (SSSR count). The highest BCUT2D eigenvalue weighted by Gasteiger charge is 2.39. The number of fused-ring (bicyclic) bond motifs is 1. The molecule has 3 aromatic rings. The van der Waals surface area contributed by atoms with E-state index >= 15 is 0 Å². The molecule has 136 valence electrons. The smallest absolute Gasteiger partial charge is 0.178 e. The molecular weight excluding hydrogens is 364 g/mol. The molecule has 0 fully saturated rings. The van der Waals surface area contributed by atoms with Crippen molar-refractivity contribution in [2.75, 3.05) is 7.11 Å². The number of halogens is 1. The highest BCUT2D eigenvalue weighted by atomic mass is 35.5. The van der Waals surface area contributed by atoms with Crippen LogP contribution in [-0.2, 0) is 0 Å². The lowest BCUT2D eigenvalue weighted by Crippen LogP contribution is -2.30. The average molecular weight is 381 g/mol. The minimum absolute atomic E-state index is 0.0313. The summed E-state index contributed by atoms with van der Waals surface area (Å²) in [6.07, 6.45) is -0.530. The number of ether oxygens (including phenoxy) is 2. The van der Waals surface area contributed by atoms with Crippen molar-refractivity contribution in [2.45, 2.75) is 12.0 Å². The van der Waals surface area contributed by atoms with E-state index in [1.807, 2.05) is 24.3 Å². The van der Waals surface area contributed by atoms with Crippen molar-refractivity contribution in [3.63, 3.8) is 0 Å². The largest absolute Gasteiger partial charge is 0.508 e. The van der Waals surface area contributed by atoms with Gasteiger partial charge >= 0.3 is 0 Å². The molecule has 4 nitrogen and oxygen atoms in total. The number of phenolic OH excluding ortho intramolecular Hbond substituents is 1. The van der Waals surface area contributed by atoms with Gasteiger partial charge in [-0.3, -0.25) is 4.79 Å². The van der Waals surface area contributed by atoms with E-state index in [4.69, 9.17) is 21.1 Å². The zero-order valence-electron chi connectivity index (χ0n) is 14.6. The number of carbonyl (C=O) groups excluding carboxylic acids is 1. The summed E-state index contributed by atoms with van der Waals surface area (Å²) in [6, 6.07) is 19.1. The van der Waals surface area contributed by atoms with Gasteiger partial charge in [-0.15, -0.1) is 0 Å². The summed E-state index contributed by atoms with van der Waals surface area (Å²) in [7, 11) is 1.60. The van der Waals surface area contributed by atoms with Gasteiger partial charge in [0.1, 0.15) is 23.4 Å². The maximum atomic E-state index is 13.3. The molecule has 3 aromatic carbocycles. The van der Waals surface area contributed by atoms with Crippen LogP contribution in [0.4, 0.5) is 0 Å². The van der Waals surface area contributed by atoms with E-state index in [0.29, 0.717) is 16.3 Å². The summed E-state index contributed by atoms with van der Waals surface area (Å²) in [5.74, 6) is 0.794. The van der Waals surface area contributed by atoms with Crippen molar-refractivity contribution >= 4 is 17.4 Å². The van der Waals surface area contributed by atoms with E-state index in [2.05, 4.69) is 0 Å². The Labute approximate surface area is 161 Å². The molecule has 1 heterocycles. The summed E-state index contributed by atoms with van der Waals surface area (Å²) in [4.78, 5) is 13.3. The normalized spacial score (nSPS) is 18.5. The van der Waals surface area contributed by atoms with Crippen LogP contribution in [0.25, 0.3) is 0 Å². The Balaban J connectivity index is 1.83. The van der Waals surface area contributed by atoms with Crippen molar-refractivity contribution in [1.82, 2.24) is 0 Å². The van der Waals surface area contributed by atoms with Crippen LogP contribution in [0.2, 0.25) is 5.02 Å². The number of methoxy groups -OCH3 is 1. The summed E-state index contributed by atoms with van der Waals surface area (Å²) in [5.41, 5.74) is 2.14. The second kappa shape index (κ2) is 6.97. The number of hydrogen-bond donors (Lipinski definition) is 1. The summed E-state index contributed by atoms with van der Waals surface area (Å²) in [6.45, 7) is 0. The van der Waals surface area contributed by atoms with Crippen LogP contribution in [0.15, 0.2) is 66.7 Å². The molecular formula is C22H17ClO4. The van der Waals surface area contributed by atoms with Crippen LogP contribution in [0.3, 0.4) is 0 Å². The fraction of sp³-hybridized carbons (Fsp3) is 0.136.